The summed E-state index contributed by atoms with van der Waals surface area (Å²) in [5.74, 6) is 2.00. The number of furan rings is 1. The van der Waals surface area contributed by atoms with Crippen molar-refractivity contribution in [1.29, 1.82) is 0 Å². The zero-order chi connectivity index (χ0) is 13.0. The van der Waals surface area contributed by atoms with E-state index < -0.39 is 0 Å². The molecule has 0 spiro atoms. The van der Waals surface area contributed by atoms with Crippen molar-refractivity contribution in [3.8, 4) is 0 Å². The molecule has 0 saturated heterocycles. The minimum Gasteiger partial charge on any atom is -0.463 e. The summed E-state index contributed by atoms with van der Waals surface area (Å²) in [6.45, 7) is 2.54. The topological polar surface area (TPSA) is 28.4 Å². The van der Waals surface area contributed by atoms with Crippen molar-refractivity contribution in [2.45, 2.75) is 19.6 Å². The molecule has 0 unspecified atom stereocenters. The van der Waals surface area contributed by atoms with E-state index in [1.54, 1.807) is 11.3 Å². The SMILES string of the molecule is CNCc1ccc(CN(C)Cc2csc(Br)c2)o1. The number of nitrogens with one attached hydrogen (secondary N) is 1. The normalized spacial score (nSPS) is 11.3. The van der Waals surface area contributed by atoms with Crippen molar-refractivity contribution < 1.29 is 4.42 Å². The van der Waals surface area contributed by atoms with Crippen LogP contribution in [0.1, 0.15) is 17.1 Å². The van der Waals surface area contributed by atoms with Gasteiger partial charge in [0.15, 0.2) is 0 Å². The third-order valence-electron chi connectivity index (χ3n) is 2.57. The average molecular weight is 329 g/mol. The van der Waals surface area contributed by atoms with Gasteiger partial charge in [-0.3, -0.25) is 4.90 Å². The van der Waals surface area contributed by atoms with Gasteiger partial charge >= 0.3 is 0 Å². The van der Waals surface area contributed by atoms with Gasteiger partial charge in [-0.15, -0.1) is 11.3 Å². The van der Waals surface area contributed by atoms with Crippen molar-refractivity contribution in [3.05, 3.63) is 44.4 Å². The summed E-state index contributed by atoms with van der Waals surface area (Å²) in [6.07, 6.45) is 0. The Kier molecular flexibility index (Phi) is 5.00. The van der Waals surface area contributed by atoms with Gasteiger partial charge in [0.1, 0.15) is 11.5 Å². The van der Waals surface area contributed by atoms with Crippen LogP contribution < -0.4 is 5.32 Å². The molecule has 18 heavy (non-hydrogen) atoms. The van der Waals surface area contributed by atoms with E-state index in [1.807, 2.05) is 19.2 Å². The first-order valence-electron chi connectivity index (χ1n) is 5.81. The van der Waals surface area contributed by atoms with E-state index in [-0.39, 0.29) is 0 Å². The molecule has 0 saturated carbocycles. The molecule has 0 aliphatic rings. The Hall–Kier alpha value is -0.620. The molecular weight excluding hydrogens is 312 g/mol. The van der Waals surface area contributed by atoms with Crippen LogP contribution in [0.5, 0.6) is 0 Å². The van der Waals surface area contributed by atoms with Gasteiger partial charge in [-0.2, -0.15) is 0 Å². The van der Waals surface area contributed by atoms with E-state index in [4.69, 9.17) is 4.42 Å². The smallest absolute Gasteiger partial charge is 0.118 e. The van der Waals surface area contributed by atoms with E-state index in [0.717, 1.165) is 31.2 Å². The van der Waals surface area contributed by atoms with Crippen LogP contribution in [0.4, 0.5) is 0 Å². The van der Waals surface area contributed by atoms with Gasteiger partial charge < -0.3 is 9.73 Å². The first kappa shape index (κ1) is 13.8. The highest BCUT2D eigenvalue weighted by Crippen LogP contribution is 2.22. The standard InChI is InChI=1S/C13H17BrN2OS/c1-15-6-11-3-4-12(17-11)8-16(2)7-10-5-13(14)18-9-10/h3-5,9,15H,6-8H2,1-2H3. The largest absolute Gasteiger partial charge is 0.463 e. The number of thiophene rings is 1. The van der Waals surface area contributed by atoms with Crippen molar-refractivity contribution >= 4 is 27.3 Å². The molecule has 5 heteroatoms. The number of nitrogens with zero attached hydrogens (tertiary/aromatic N) is 1. The molecule has 2 aromatic heterocycles. The Morgan fingerprint density at radius 3 is 2.78 bits per heavy atom. The molecule has 1 N–H and O–H groups in total. The van der Waals surface area contributed by atoms with Gasteiger partial charge in [-0.1, -0.05) is 0 Å². The minimum atomic E-state index is 0.779. The molecular formula is C13H17BrN2OS. The lowest BCUT2D eigenvalue weighted by Gasteiger charge is -2.13. The molecule has 3 nitrogen and oxygen atoms in total. The van der Waals surface area contributed by atoms with Crippen LogP contribution in [0.3, 0.4) is 0 Å². The lowest BCUT2D eigenvalue weighted by Crippen LogP contribution is -2.16. The quantitative estimate of drug-likeness (QED) is 0.880. The maximum Gasteiger partial charge on any atom is 0.118 e. The fourth-order valence-electron chi connectivity index (χ4n) is 1.84. The molecule has 0 aliphatic heterocycles. The molecule has 2 heterocycles. The minimum absolute atomic E-state index is 0.779. The van der Waals surface area contributed by atoms with Gasteiger partial charge in [0.05, 0.1) is 16.9 Å². The first-order valence-corrected chi connectivity index (χ1v) is 7.48. The number of hydrogen-bond acceptors (Lipinski definition) is 4. The second kappa shape index (κ2) is 6.52. The first-order chi connectivity index (χ1) is 8.67. The highest BCUT2D eigenvalue weighted by Gasteiger charge is 2.07. The third-order valence-corrected chi connectivity index (χ3v) is 4.12. The van der Waals surface area contributed by atoms with Gasteiger partial charge in [0, 0.05) is 6.54 Å². The van der Waals surface area contributed by atoms with Crippen molar-refractivity contribution in [3.63, 3.8) is 0 Å². The van der Waals surface area contributed by atoms with E-state index in [1.165, 1.54) is 9.35 Å². The molecule has 0 radical (unpaired) electrons. The molecule has 2 aromatic rings. The van der Waals surface area contributed by atoms with Crippen LogP contribution >= 0.6 is 27.3 Å². The van der Waals surface area contributed by atoms with Crippen molar-refractivity contribution in [1.82, 2.24) is 10.2 Å². The summed E-state index contributed by atoms with van der Waals surface area (Å²) in [4.78, 5) is 2.25. The highest BCUT2D eigenvalue weighted by atomic mass is 79.9. The summed E-state index contributed by atoms with van der Waals surface area (Å²) in [6, 6.07) is 6.24. The lowest BCUT2D eigenvalue weighted by atomic mass is 10.3. The van der Waals surface area contributed by atoms with E-state index in [2.05, 4.69) is 44.6 Å². The summed E-state index contributed by atoms with van der Waals surface area (Å²) in [5.41, 5.74) is 1.33. The monoisotopic (exact) mass is 328 g/mol. The lowest BCUT2D eigenvalue weighted by molar-refractivity contribution is 0.283. The van der Waals surface area contributed by atoms with Crippen LogP contribution in [-0.2, 0) is 19.6 Å². The molecule has 0 aliphatic carbocycles. The van der Waals surface area contributed by atoms with Crippen LogP contribution in [0.15, 0.2) is 31.8 Å². The van der Waals surface area contributed by atoms with Gasteiger partial charge in [-0.05, 0) is 59.2 Å². The average Bonchev–Trinajstić information content (AvgIpc) is 2.89. The molecule has 0 atom stereocenters. The Labute approximate surface area is 120 Å². The number of hydrogen-bond donors (Lipinski definition) is 1. The maximum atomic E-state index is 5.73. The molecule has 98 valence electrons. The maximum absolute atomic E-state index is 5.73. The summed E-state index contributed by atoms with van der Waals surface area (Å²) < 4.78 is 6.91. The molecule has 0 amide bonds. The van der Waals surface area contributed by atoms with Gasteiger partial charge in [-0.25, -0.2) is 0 Å². The molecule has 0 fully saturated rings. The second-order valence-corrected chi connectivity index (χ2v) is 6.62. The Morgan fingerprint density at radius 1 is 1.33 bits per heavy atom. The van der Waals surface area contributed by atoms with Gasteiger partial charge in [0.25, 0.3) is 0 Å². The third kappa shape index (κ3) is 3.95. The van der Waals surface area contributed by atoms with Crippen LogP contribution in [-0.4, -0.2) is 19.0 Å². The van der Waals surface area contributed by atoms with Crippen LogP contribution in [0, 0.1) is 0 Å². The zero-order valence-electron chi connectivity index (χ0n) is 10.6. The number of halogens is 1. The summed E-state index contributed by atoms with van der Waals surface area (Å²) in [5, 5.41) is 5.26. The van der Waals surface area contributed by atoms with E-state index >= 15 is 0 Å². The Bertz CT molecular complexity index is 495. The highest BCUT2D eigenvalue weighted by molar-refractivity contribution is 9.11. The van der Waals surface area contributed by atoms with Crippen LogP contribution in [0.2, 0.25) is 0 Å². The predicted octanol–water partition coefficient (Wildman–Crippen LogP) is 3.46. The number of rotatable bonds is 6. The fraction of sp³-hybridized carbons (Fsp3) is 0.385. The fourth-order valence-corrected chi connectivity index (χ4v) is 3.04. The van der Waals surface area contributed by atoms with E-state index in [0.29, 0.717) is 0 Å². The molecule has 2 rings (SSSR count). The van der Waals surface area contributed by atoms with Crippen LogP contribution in [0.25, 0.3) is 0 Å². The summed E-state index contributed by atoms with van der Waals surface area (Å²) >= 11 is 5.21. The van der Waals surface area contributed by atoms with Crippen molar-refractivity contribution in [2.75, 3.05) is 14.1 Å². The van der Waals surface area contributed by atoms with Gasteiger partial charge in [0.2, 0.25) is 0 Å². The summed E-state index contributed by atoms with van der Waals surface area (Å²) in [7, 11) is 4.02. The second-order valence-electron chi connectivity index (χ2n) is 4.33. The predicted molar refractivity (Wildman–Crippen MR) is 78.7 cm³/mol. The zero-order valence-corrected chi connectivity index (χ0v) is 13.0. The van der Waals surface area contributed by atoms with Crippen molar-refractivity contribution in [2.24, 2.45) is 0 Å². The molecule has 0 aromatic carbocycles. The Balaban J connectivity index is 1.88. The Morgan fingerprint density at radius 2 is 2.11 bits per heavy atom. The van der Waals surface area contributed by atoms with E-state index in [9.17, 15) is 0 Å². The molecule has 0 bridgehead atoms.